The number of thiol groups is 1. The van der Waals surface area contributed by atoms with Gasteiger partial charge >= 0.3 is 0 Å². The summed E-state index contributed by atoms with van der Waals surface area (Å²) in [6.07, 6.45) is 10.2. The Bertz CT molecular complexity index is 3200. The summed E-state index contributed by atoms with van der Waals surface area (Å²) < 4.78 is 7.88. The second-order valence-corrected chi connectivity index (χ2v) is 22.6. The van der Waals surface area contributed by atoms with E-state index in [1.54, 1.807) is 42.4 Å². The molecule has 0 saturated carbocycles. The maximum Gasteiger partial charge on any atom is 0.254 e. The van der Waals surface area contributed by atoms with E-state index in [4.69, 9.17) is 10.3 Å². The highest BCUT2D eigenvalue weighted by Gasteiger charge is 2.41. The van der Waals surface area contributed by atoms with Gasteiger partial charge in [0.15, 0.2) is 22.9 Å². The van der Waals surface area contributed by atoms with Gasteiger partial charge in [-0.1, -0.05) is 55.4 Å². The second-order valence-electron chi connectivity index (χ2n) is 22.1. The molecule has 0 bridgehead atoms. The number of aromatic nitrogens is 7. The third-order valence-electron chi connectivity index (χ3n) is 16.5. The summed E-state index contributed by atoms with van der Waals surface area (Å²) in [7, 11) is 0. The molecule has 4 aromatic heterocycles. The fraction of sp³-hybridized carbons (Fsp3) is 0.483. The normalized spacial score (nSPS) is 19.1. The minimum Gasteiger partial charge on any atom is -0.507 e. The van der Waals surface area contributed by atoms with Crippen LogP contribution in [-0.4, -0.2) is 133 Å². The molecule has 414 valence electrons. The number of nitrogens with two attached hydrogens (primary N) is 1. The van der Waals surface area contributed by atoms with E-state index in [2.05, 4.69) is 74.5 Å². The number of nitriles is 1. The molecule has 4 aliphatic heterocycles. The average Bonchev–Trinajstić information content (AvgIpc) is 4.28. The minimum atomic E-state index is -0.576. The van der Waals surface area contributed by atoms with Gasteiger partial charge in [0.05, 0.1) is 34.9 Å². The summed E-state index contributed by atoms with van der Waals surface area (Å²) in [4.78, 5) is 59.8. The number of piperidine rings is 3. The van der Waals surface area contributed by atoms with E-state index >= 15 is 0 Å². The van der Waals surface area contributed by atoms with Gasteiger partial charge in [-0.15, -0.1) is 22.8 Å². The quantitative estimate of drug-likeness (QED) is 0.0463. The smallest absolute Gasteiger partial charge is 0.254 e. The van der Waals surface area contributed by atoms with Crippen molar-refractivity contribution in [1.82, 2.24) is 55.5 Å². The van der Waals surface area contributed by atoms with Crippen LogP contribution in [0.3, 0.4) is 0 Å². The number of hydrogen-bond acceptors (Lipinski definition) is 17. The maximum atomic E-state index is 14.3. The predicted octanol–water partition coefficient (Wildman–Crippen LogP) is 7.55. The zero-order chi connectivity index (χ0) is 55.3. The van der Waals surface area contributed by atoms with E-state index in [0.29, 0.717) is 94.8 Å². The van der Waals surface area contributed by atoms with Gasteiger partial charge in [0.25, 0.3) is 5.91 Å². The zero-order valence-electron chi connectivity index (χ0n) is 45.5. The molecule has 10 rings (SSSR count). The van der Waals surface area contributed by atoms with Crippen LogP contribution in [0.1, 0.15) is 124 Å². The third kappa shape index (κ3) is 12.2. The number of nitrogens with zero attached hydrogens (tertiary/aromatic N) is 12. The molecule has 6 aromatic rings. The van der Waals surface area contributed by atoms with Crippen molar-refractivity contribution in [3.8, 4) is 23.1 Å². The van der Waals surface area contributed by atoms with Gasteiger partial charge in [0.1, 0.15) is 17.7 Å². The zero-order valence-corrected chi connectivity index (χ0v) is 46.4. The molecule has 3 atom stereocenters. The molecule has 0 aliphatic carbocycles. The van der Waals surface area contributed by atoms with Crippen LogP contribution >= 0.6 is 12.6 Å². The second kappa shape index (κ2) is 24.2. The number of rotatable bonds is 16. The lowest BCUT2D eigenvalue weighted by atomic mass is 9.91. The number of carbonyl (C=O) groups excluding carboxylic acids is 3. The molecule has 4 saturated heterocycles. The van der Waals surface area contributed by atoms with Gasteiger partial charge < -0.3 is 45.6 Å². The van der Waals surface area contributed by atoms with Gasteiger partial charge in [-0.3, -0.25) is 19.1 Å². The summed E-state index contributed by atoms with van der Waals surface area (Å²) in [6.45, 7) is 14.9. The minimum absolute atomic E-state index is 0.0696. The standard InChI is InChI=1S/C58H71N15O5S/c1-35(2)51(57(77)72-21-7-9-46(72)56(76)64-37(4)40-11-13-41(14-12-40)53(79)36(3)30-59)49-29-50(68-78-49)70-24-17-39(18-25-70)34-69-22-15-38(16-23-69)31-61-55(75)42-32-62-58(63-33-42)71-26-19-43(20-27-71)73-47-28-45(44-8-5-6-10-48(44)74)65-66-52(47)54(60)67-73/h5-6,8,10-14,28-29,32-33,35,37-39,43,46,51,74,79H,7,9,15-27,31,34H2,1-4H3,(H2,60,67)(H,61,75)(H,64,76)/b53-36-/t37-,46-,51?/m0/s1. The van der Waals surface area contributed by atoms with Gasteiger partial charge in [0, 0.05) is 80.3 Å². The number of nitrogens with one attached hydrogen (secondary N) is 2. The van der Waals surface area contributed by atoms with Gasteiger partial charge in [-0.2, -0.15) is 10.4 Å². The van der Waals surface area contributed by atoms with Crippen LogP contribution in [0, 0.1) is 29.1 Å². The van der Waals surface area contributed by atoms with E-state index in [1.807, 2.05) is 67.9 Å². The maximum absolute atomic E-state index is 14.3. The summed E-state index contributed by atoms with van der Waals surface area (Å²) in [6, 6.07) is 19.8. The van der Waals surface area contributed by atoms with Crippen LogP contribution in [0.4, 0.5) is 17.6 Å². The van der Waals surface area contributed by atoms with Crippen molar-refractivity contribution in [2.24, 2.45) is 17.8 Å². The Kier molecular flexibility index (Phi) is 16.8. The van der Waals surface area contributed by atoms with E-state index in [1.165, 1.54) is 0 Å². The number of carbonyl (C=O) groups is 3. The number of aromatic hydroxyl groups is 1. The molecule has 4 fully saturated rings. The number of fused-ring (bicyclic) bond motifs is 1. The molecule has 0 radical (unpaired) electrons. The lowest BCUT2D eigenvalue weighted by molar-refractivity contribution is -0.141. The van der Waals surface area contributed by atoms with Crippen LogP contribution in [0.2, 0.25) is 0 Å². The average molecular weight is 1090 g/mol. The van der Waals surface area contributed by atoms with Crippen LogP contribution in [0.15, 0.2) is 83.2 Å². The first-order chi connectivity index (χ1) is 38.2. The van der Waals surface area contributed by atoms with Crippen LogP contribution in [-0.2, 0) is 9.59 Å². The van der Waals surface area contributed by atoms with Crippen molar-refractivity contribution in [1.29, 1.82) is 5.26 Å². The number of allylic oxidation sites excluding steroid dienone is 1. The van der Waals surface area contributed by atoms with Gasteiger partial charge in [-0.05, 0) is 125 Å². The molecular weight excluding hydrogens is 1020 g/mol. The van der Waals surface area contributed by atoms with Crippen LogP contribution < -0.4 is 26.2 Å². The van der Waals surface area contributed by atoms with Gasteiger partial charge in [0.2, 0.25) is 17.8 Å². The number of likely N-dealkylation sites (tertiary alicyclic amines) is 2. The molecule has 3 amide bonds. The molecule has 8 heterocycles. The van der Waals surface area contributed by atoms with Crippen LogP contribution in [0.5, 0.6) is 5.75 Å². The lowest BCUT2D eigenvalue weighted by Crippen LogP contribution is -2.48. The number of nitrogen functional groups attached to an aromatic ring is 1. The summed E-state index contributed by atoms with van der Waals surface area (Å²) in [5, 5.41) is 43.7. The molecule has 2 aromatic carbocycles. The Morgan fingerprint density at radius 3 is 2.25 bits per heavy atom. The topological polar surface area (TPSA) is 254 Å². The van der Waals surface area contributed by atoms with E-state index in [9.17, 15) is 24.8 Å². The van der Waals surface area contributed by atoms with E-state index < -0.39 is 12.0 Å². The van der Waals surface area contributed by atoms with Crippen LogP contribution in [0.25, 0.3) is 27.2 Å². The third-order valence-corrected chi connectivity index (χ3v) is 17.1. The monoisotopic (exact) mass is 1090 g/mol. The Labute approximate surface area is 466 Å². The fourth-order valence-corrected chi connectivity index (χ4v) is 12.0. The first-order valence-electron chi connectivity index (χ1n) is 27.8. The lowest BCUT2D eigenvalue weighted by Gasteiger charge is -2.37. The van der Waals surface area contributed by atoms with E-state index in [0.717, 1.165) is 100 Å². The number of para-hydroxylation sites is 1. The fourth-order valence-electron chi connectivity index (χ4n) is 11.8. The summed E-state index contributed by atoms with van der Waals surface area (Å²) in [5.74, 6) is 2.16. The molecule has 21 heteroatoms. The van der Waals surface area contributed by atoms with Gasteiger partial charge in [-0.25, -0.2) is 9.97 Å². The van der Waals surface area contributed by atoms with Crippen molar-refractivity contribution in [2.75, 3.05) is 74.4 Å². The highest BCUT2D eigenvalue weighted by atomic mass is 32.1. The number of phenols is 1. The van der Waals surface area contributed by atoms with Crippen molar-refractivity contribution < 1.29 is 24.0 Å². The number of phenolic OH excluding ortho intramolecular Hbond substituents is 1. The molecule has 20 nitrogen and oxygen atoms in total. The number of amides is 3. The van der Waals surface area contributed by atoms with Crippen molar-refractivity contribution >= 4 is 63.9 Å². The largest absolute Gasteiger partial charge is 0.507 e. The molecule has 5 N–H and O–H groups in total. The SMILES string of the molecule is C/C(C#N)=C(/S)c1ccc([C@H](C)NC(=O)[C@@H]2CCCN2C(=O)C(c2cc(N3CCC(CN4CCC(CNC(=O)c5cnc(N6CCC(n7nc(N)c8nnc(-c9ccccc9O)cc87)CC6)nc5)CC4)CC3)no2)C(C)C)cc1. The van der Waals surface area contributed by atoms with Crippen molar-refractivity contribution in [3.05, 3.63) is 101 Å². The molecule has 1 unspecified atom stereocenters. The first-order valence-corrected chi connectivity index (χ1v) is 28.3. The summed E-state index contributed by atoms with van der Waals surface area (Å²) in [5.41, 5.74) is 11.4. The first kappa shape index (κ1) is 54.8. The molecule has 79 heavy (non-hydrogen) atoms. The predicted molar refractivity (Wildman–Crippen MR) is 305 cm³/mol. The Balaban J connectivity index is 0.638. The van der Waals surface area contributed by atoms with Crippen molar-refractivity contribution in [2.45, 2.75) is 103 Å². The molecule has 0 spiro atoms. The van der Waals surface area contributed by atoms with Crippen molar-refractivity contribution in [3.63, 3.8) is 0 Å². The molecule has 4 aliphatic rings. The highest BCUT2D eigenvalue weighted by Crippen LogP contribution is 2.36. The van der Waals surface area contributed by atoms with E-state index in [-0.39, 0.29) is 41.5 Å². The Morgan fingerprint density at radius 1 is 0.861 bits per heavy atom. The number of benzene rings is 2. The summed E-state index contributed by atoms with van der Waals surface area (Å²) >= 11 is 4.49. The number of hydrogen-bond donors (Lipinski definition) is 5. The Hall–Kier alpha value is -7.57. The highest BCUT2D eigenvalue weighted by molar-refractivity contribution is 7.90. The molecular formula is C58H71N15O5S. The number of anilines is 3. The Morgan fingerprint density at radius 2 is 1.56 bits per heavy atom.